The van der Waals surface area contributed by atoms with E-state index in [2.05, 4.69) is 40.9 Å². The molecule has 8 heteroatoms. The number of hydrogen-bond donors (Lipinski definition) is 0. The van der Waals surface area contributed by atoms with Crippen LogP contribution >= 0.6 is 11.6 Å². The molecule has 1 atom stereocenters. The number of imidazole rings is 1. The molecule has 0 radical (unpaired) electrons. The molecule has 0 spiro atoms. The fraction of sp³-hybridized carbons (Fsp3) is 0.345. The summed E-state index contributed by atoms with van der Waals surface area (Å²) in [4.78, 5) is 9.99. The van der Waals surface area contributed by atoms with E-state index in [4.69, 9.17) is 35.6 Å². The number of rotatable bonds is 5. The molecule has 0 N–H and O–H groups in total. The van der Waals surface area contributed by atoms with Gasteiger partial charge in [0.15, 0.2) is 0 Å². The van der Waals surface area contributed by atoms with E-state index in [-0.39, 0.29) is 6.04 Å². The smallest absolute Gasteiger partial charge is 0.141 e. The summed E-state index contributed by atoms with van der Waals surface area (Å²) < 4.78 is 19.4. The number of methoxy groups -OCH3 is 1. The molecular formula is C29H29ClN4O3. The lowest BCUT2D eigenvalue weighted by atomic mass is 9.98. The van der Waals surface area contributed by atoms with Crippen LogP contribution in [0, 0.1) is 13.8 Å². The predicted octanol–water partition coefficient (Wildman–Crippen LogP) is 7.02. The van der Waals surface area contributed by atoms with Crippen LogP contribution in [0.3, 0.4) is 0 Å². The Balaban J connectivity index is 1.63. The van der Waals surface area contributed by atoms with Crippen LogP contribution in [0.25, 0.3) is 33.1 Å². The van der Waals surface area contributed by atoms with E-state index < -0.39 is 0 Å². The standard InChI is InChI=1S/C29H29ClN4O3/c1-16-27(18(3)37-33-16)23-13-24-22(14-26(23)35-4)28-25(15-31-24)32-29(20-9-11-36-12-10-20)34(28)17(2)19-5-7-21(30)8-6-19/h5-8,13-15,17,20H,9-12H2,1-4H3. The van der Waals surface area contributed by atoms with Crippen molar-refractivity contribution in [2.24, 2.45) is 0 Å². The topological polar surface area (TPSA) is 75.2 Å². The minimum atomic E-state index is 0.0407. The lowest BCUT2D eigenvalue weighted by Crippen LogP contribution is -2.20. The fourth-order valence-corrected chi connectivity index (χ4v) is 5.71. The molecule has 1 saturated heterocycles. The van der Waals surface area contributed by atoms with Crippen LogP contribution in [0.4, 0.5) is 0 Å². The van der Waals surface area contributed by atoms with Gasteiger partial charge in [0.25, 0.3) is 0 Å². The summed E-state index contributed by atoms with van der Waals surface area (Å²) in [6.07, 6.45) is 3.78. The lowest BCUT2D eigenvalue weighted by Gasteiger charge is -2.26. The Hall–Kier alpha value is -3.42. The first kappa shape index (κ1) is 23.9. The van der Waals surface area contributed by atoms with Gasteiger partial charge >= 0.3 is 0 Å². The average molecular weight is 517 g/mol. The highest BCUT2D eigenvalue weighted by Gasteiger charge is 2.28. The maximum atomic E-state index is 6.21. The van der Waals surface area contributed by atoms with Crippen LogP contribution in [0.5, 0.6) is 5.75 Å². The molecule has 0 amide bonds. The van der Waals surface area contributed by atoms with Gasteiger partial charge in [0.05, 0.1) is 41.6 Å². The molecule has 190 valence electrons. The van der Waals surface area contributed by atoms with Crippen molar-refractivity contribution in [3.63, 3.8) is 0 Å². The highest BCUT2D eigenvalue weighted by molar-refractivity contribution is 6.30. The Morgan fingerprint density at radius 2 is 1.84 bits per heavy atom. The fourth-order valence-electron chi connectivity index (χ4n) is 5.58. The minimum Gasteiger partial charge on any atom is -0.496 e. The van der Waals surface area contributed by atoms with Crippen molar-refractivity contribution < 1.29 is 14.0 Å². The summed E-state index contributed by atoms with van der Waals surface area (Å²) in [6.45, 7) is 7.57. The molecule has 1 unspecified atom stereocenters. The maximum absolute atomic E-state index is 6.21. The van der Waals surface area contributed by atoms with Crippen molar-refractivity contribution in [3.05, 3.63) is 70.5 Å². The van der Waals surface area contributed by atoms with Gasteiger partial charge in [-0.1, -0.05) is 28.9 Å². The molecule has 1 fully saturated rings. The van der Waals surface area contributed by atoms with Crippen LogP contribution in [0.1, 0.15) is 54.6 Å². The van der Waals surface area contributed by atoms with Crippen molar-refractivity contribution in [3.8, 4) is 16.9 Å². The second-order valence-electron chi connectivity index (χ2n) is 9.72. The Labute approximate surface area is 220 Å². The van der Waals surface area contributed by atoms with Crippen molar-refractivity contribution in [1.29, 1.82) is 0 Å². The highest BCUT2D eigenvalue weighted by Crippen LogP contribution is 2.41. The van der Waals surface area contributed by atoms with Gasteiger partial charge in [-0.05, 0) is 63.4 Å². The number of fused-ring (bicyclic) bond motifs is 3. The summed E-state index contributed by atoms with van der Waals surface area (Å²) in [5.41, 5.74) is 6.64. The average Bonchev–Trinajstić information content (AvgIpc) is 3.48. The van der Waals surface area contributed by atoms with E-state index in [0.717, 1.165) is 87.2 Å². The van der Waals surface area contributed by atoms with Crippen LogP contribution in [-0.4, -0.2) is 40.0 Å². The molecule has 7 nitrogen and oxygen atoms in total. The van der Waals surface area contributed by atoms with Crippen molar-refractivity contribution >= 4 is 33.5 Å². The summed E-state index contributed by atoms with van der Waals surface area (Å²) in [5.74, 6) is 2.88. The molecule has 0 aliphatic carbocycles. The number of hydrogen-bond acceptors (Lipinski definition) is 6. The zero-order valence-corrected chi connectivity index (χ0v) is 22.2. The number of halogens is 1. The summed E-state index contributed by atoms with van der Waals surface area (Å²) in [7, 11) is 1.69. The summed E-state index contributed by atoms with van der Waals surface area (Å²) in [6, 6.07) is 12.3. The van der Waals surface area contributed by atoms with Gasteiger partial charge < -0.3 is 18.6 Å². The molecule has 3 aromatic heterocycles. The van der Waals surface area contributed by atoms with Gasteiger partial charge in [0.2, 0.25) is 0 Å². The number of benzene rings is 2. The number of nitrogens with zero attached hydrogens (tertiary/aromatic N) is 4. The molecular weight excluding hydrogens is 488 g/mol. The van der Waals surface area contributed by atoms with E-state index in [1.54, 1.807) is 7.11 Å². The first-order valence-corrected chi connectivity index (χ1v) is 13.0. The quantitative estimate of drug-likeness (QED) is 0.250. The Bertz CT molecular complexity index is 1580. The number of aromatic nitrogens is 4. The van der Waals surface area contributed by atoms with E-state index in [9.17, 15) is 0 Å². The molecule has 4 heterocycles. The first-order valence-electron chi connectivity index (χ1n) is 12.6. The number of aryl methyl sites for hydroxylation is 2. The van der Waals surface area contributed by atoms with Crippen LogP contribution < -0.4 is 4.74 Å². The van der Waals surface area contributed by atoms with Gasteiger partial charge in [0.1, 0.15) is 22.9 Å². The molecule has 1 aliphatic rings. The third kappa shape index (κ3) is 4.06. The molecule has 5 aromatic rings. The zero-order valence-electron chi connectivity index (χ0n) is 21.4. The van der Waals surface area contributed by atoms with Crippen LogP contribution in [0.2, 0.25) is 5.02 Å². The molecule has 6 rings (SSSR count). The van der Waals surface area contributed by atoms with Crippen molar-refractivity contribution in [1.82, 2.24) is 19.7 Å². The first-order chi connectivity index (χ1) is 18.0. The van der Waals surface area contributed by atoms with Gasteiger partial charge in [-0.2, -0.15) is 0 Å². The lowest BCUT2D eigenvalue weighted by molar-refractivity contribution is 0.0828. The molecule has 0 saturated carbocycles. The highest BCUT2D eigenvalue weighted by atomic mass is 35.5. The number of ether oxygens (including phenoxy) is 2. The van der Waals surface area contributed by atoms with Crippen LogP contribution in [-0.2, 0) is 4.74 Å². The minimum absolute atomic E-state index is 0.0407. The van der Waals surface area contributed by atoms with Crippen molar-refractivity contribution in [2.45, 2.75) is 45.6 Å². The molecule has 1 aliphatic heterocycles. The summed E-state index contributed by atoms with van der Waals surface area (Å²) >= 11 is 6.21. The normalized spacial score (nSPS) is 15.5. The van der Waals surface area contributed by atoms with Crippen molar-refractivity contribution in [2.75, 3.05) is 20.3 Å². The second kappa shape index (κ2) is 9.47. The SMILES string of the molecule is COc1cc2c(cc1-c1c(C)noc1C)ncc1nc(C3CCOCC3)n(C(C)c3ccc(Cl)cc3)c12. The largest absolute Gasteiger partial charge is 0.496 e. The van der Waals surface area contributed by atoms with Crippen LogP contribution in [0.15, 0.2) is 47.1 Å². The monoisotopic (exact) mass is 516 g/mol. The zero-order chi connectivity index (χ0) is 25.7. The van der Waals surface area contributed by atoms with Gasteiger partial charge in [-0.25, -0.2) is 4.98 Å². The van der Waals surface area contributed by atoms with E-state index >= 15 is 0 Å². The Kier molecular flexibility index (Phi) is 6.13. The third-order valence-electron chi connectivity index (χ3n) is 7.49. The number of pyridine rings is 1. The van der Waals surface area contributed by atoms with Gasteiger partial charge in [-0.3, -0.25) is 4.98 Å². The Morgan fingerprint density at radius 1 is 1.08 bits per heavy atom. The van der Waals surface area contributed by atoms with E-state index in [1.807, 2.05) is 32.2 Å². The second-order valence-corrected chi connectivity index (χ2v) is 10.2. The van der Waals surface area contributed by atoms with E-state index in [0.29, 0.717) is 5.92 Å². The molecule has 37 heavy (non-hydrogen) atoms. The molecule has 0 bridgehead atoms. The Morgan fingerprint density at radius 3 is 2.51 bits per heavy atom. The predicted molar refractivity (Wildman–Crippen MR) is 145 cm³/mol. The van der Waals surface area contributed by atoms with E-state index in [1.165, 1.54) is 5.56 Å². The molecule has 2 aromatic carbocycles. The third-order valence-corrected chi connectivity index (χ3v) is 7.75. The van der Waals surface area contributed by atoms with Gasteiger partial charge in [0, 0.05) is 35.1 Å². The summed E-state index contributed by atoms with van der Waals surface area (Å²) in [5, 5.41) is 5.87. The van der Waals surface area contributed by atoms with Gasteiger partial charge in [-0.15, -0.1) is 0 Å². The maximum Gasteiger partial charge on any atom is 0.141 e.